The van der Waals surface area contributed by atoms with Crippen LogP contribution in [0, 0.1) is 0 Å². The fourth-order valence-corrected chi connectivity index (χ4v) is 7.66. The van der Waals surface area contributed by atoms with E-state index in [1.807, 2.05) is 12.1 Å². The van der Waals surface area contributed by atoms with E-state index in [0.717, 1.165) is 55.8 Å². The van der Waals surface area contributed by atoms with E-state index in [1.54, 1.807) is 0 Å². The highest BCUT2D eigenvalue weighted by Crippen LogP contribution is 2.42. The first-order chi connectivity index (χ1) is 25.8. The fourth-order valence-electron chi connectivity index (χ4n) is 7.66. The van der Waals surface area contributed by atoms with Crippen LogP contribution in [0.15, 0.2) is 194 Å². The molecule has 10 aromatic rings. The molecule has 242 valence electrons. The van der Waals surface area contributed by atoms with E-state index in [4.69, 9.17) is 9.97 Å². The highest BCUT2D eigenvalue weighted by atomic mass is 14.7. The van der Waals surface area contributed by atoms with Gasteiger partial charge in [-0.25, -0.2) is 9.97 Å². The molecule has 0 aliphatic carbocycles. The molecule has 0 aliphatic rings. The Bertz CT molecular complexity index is 2870. The smallest absolute Gasteiger partial charge is 0.0788 e. The summed E-state index contributed by atoms with van der Waals surface area (Å²) < 4.78 is 0. The first-order valence-electron chi connectivity index (χ1n) is 17.7. The molecule has 0 atom stereocenters. The topological polar surface area (TPSA) is 25.8 Å². The standard InChI is InChI=1S/C50H32N2/c1-3-14-36(15-4-1)47-30-40(31-48(51-47)37-16-5-2-6-17-37)34-23-26-35(27-24-34)44-32-45-49(42-20-10-9-19-41(42)44)43-21-11-12-22-46(43)52-50(45)39-28-25-33-13-7-8-18-38(33)29-39/h1-32H. The summed E-state index contributed by atoms with van der Waals surface area (Å²) in [6, 6.07) is 69.2. The minimum atomic E-state index is 0.961. The molecule has 2 aromatic heterocycles. The molecule has 0 spiro atoms. The third kappa shape index (κ3) is 5.21. The van der Waals surface area contributed by atoms with E-state index in [-0.39, 0.29) is 0 Å². The van der Waals surface area contributed by atoms with E-state index < -0.39 is 0 Å². The van der Waals surface area contributed by atoms with Crippen LogP contribution in [0.4, 0.5) is 0 Å². The normalized spacial score (nSPS) is 11.5. The molecule has 0 saturated carbocycles. The second-order valence-electron chi connectivity index (χ2n) is 13.4. The van der Waals surface area contributed by atoms with Crippen molar-refractivity contribution in [2.24, 2.45) is 0 Å². The lowest BCUT2D eigenvalue weighted by Crippen LogP contribution is -1.93. The van der Waals surface area contributed by atoms with E-state index in [0.29, 0.717) is 0 Å². The third-order valence-electron chi connectivity index (χ3n) is 10.2. The van der Waals surface area contributed by atoms with Crippen LogP contribution in [-0.4, -0.2) is 9.97 Å². The third-order valence-corrected chi connectivity index (χ3v) is 10.2. The van der Waals surface area contributed by atoms with Crippen molar-refractivity contribution < 1.29 is 0 Å². The summed E-state index contributed by atoms with van der Waals surface area (Å²) in [6.07, 6.45) is 0. The second kappa shape index (κ2) is 12.5. The Balaban J connectivity index is 1.16. The van der Waals surface area contributed by atoms with Gasteiger partial charge >= 0.3 is 0 Å². The Kier molecular flexibility index (Phi) is 7.18. The zero-order chi connectivity index (χ0) is 34.4. The maximum atomic E-state index is 5.34. The molecule has 0 amide bonds. The number of para-hydroxylation sites is 1. The van der Waals surface area contributed by atoms with Crippen LogP contribution in [-0.2, 0) is 0 Å². The monoisotopic (exact) mass is 660 g/mol. The van der Waals surface area contributed by atoms with Gasteiger partial charge in [0.15, 0.2) is 0 Å². The van der Waals surface area contributed by atoms with Crippen molar-refractivity contribution in [3.05, 3.63) is 194 Å². The Morgan fingerprint density at radius 2 is 0.846 bits per heavy atom. The van der Waals surface area contributed by atoms with Crippen LogP contribution >= 0.6 is 0 Å². The first-order valence-corrected chi connectivity index (χ1v) is 17.7. The van der Waals surface area contributed by atoms with Crippen LogP contribution < -0.4 is 0 Å². The lowest BCUT2D eigenvalue weighted by atomic mass is 9.89. The molecule has 52 heavy (non-hydrogen) atoms. The quantitative estimate of drug-likeness (QED) is 0.172. The Labute approximate surface area is 302 Å². The minimum absolute atomic E-state index is 0.961. The maximum Gasteiger partial charge on any atom is 0.0788 e. The average Bonchev–Trinajstić information content (AvgIpc) is 3.23. The second-order valence-corrected chi connectivity index (χ2v) is 13.4. The lowest BCUT2D eigenvalue weighted by Gasteiger charge is -2.17. The molecular weight excluding hydrogens is 629 g/mol. The molecule has 2 heterocycles. The van der Waals surface area contributed by atoms with Crippen molar-refractivity contribution in [3.63, 3.8) is 0 Å². The van der Waals surface area contributed by atoms with Gasteiger partial charge in [-0.3, -0.25) is 0 Å². The highest BCUT2D eigenvalue weighted by molar-refractivity contribution is 6.25. The van der Waals surface area contributed by atoms with Crippen molar-refractivity contribution in [3.8, 4) is 56.0 Å². The van der Waals surface area contributed by atoms with E-state index >= 15 is 0 Å². The van der Waals surface area contributed by atoms with Gasteiger partial charge in [-0.05, 0) is 74.1 Å². The van der Waals surface area contributed by atoms with Gasteiger partial charge in [0, 0.05) is 32.8 Å². The number of benzene rings is 8. The molecule has 0 unspecified atom stereocenters. The number of aromatic nitrogens is 2. The lowest BCUT2D eigenvalue weighted by molar-refractivity contribution is 1.32. The largest absolute Gasteiger partial charge is 0.248 e. The van der Waals surface area contributed by atoms with Crippen LogP contribution in [0.5, 0.6) is 0 Å². The van der Waals surface area contributed by atoms with Gasteiger partial charge in [-0.1, -0.05) is 164 Å². The number of pyridine rings is 2. The van der Waals surface area contributed by atoms with Crippen LogP contribution in [0.25, 0.3) is 99.2 Å². The predicted octanol–water partition coefficient (Wildman–Crippen LogP) is 13.4. The number of nitrogens with zero attached hydrogens (tertiary/aromatic N) is 2. The SMILES string of the molecule is c1ccc(-c2cc(-c3ccc(-c4cc5c(-c6ccc7ccccc7c6)nc6ccccc6c5c5ccccc45)cc3)cc(-c3ccccc3)n2)cc1. The summed E-state index contributed by atoms with van der Waals surface area (Å²) >= 11 is 0. The van der Waals surface area contributed by atoms with Gasteiger partial charge in [0.05, 0.1) is 22.6 Å². The summed E-state index contributed by atoms with van der Waals surface area (Å²) in [5.41, 5.74) is 11.9. The molecule has 0 fully saturated rings. The van der Waals surface area contributed by atoms with Gasteiger partial charge in [-0.15, -0.1) is 0 Å². The molecule has 0 bridgehead atoms. The first kappa shape index (κ1) is 30.0. The molecule has 8 aromatic carbocycles. The summed E-state index contributed by atoms with van der Waals surface area (Å²) in [5, 5.41) is 8.45. The van der Waals surface area contributed by atoms with Gasteiger partial charge < -0.3 is 0 Å². The maximum absolute atomic E-state index is 5.34. The molecule has 0 saturated heterocycles. The molecule has 0 N–H and O–H groups in total. The van der Waals surface area contributed by atoms with Gasteiger partial charge in [0.1, 0.15) is 0 Å². The Hall–Kier alpha value is -6.90. The van der Waals surface area contributed by atoms with E-state index in [1.165, 1.54) is 43.4 Å². The van der Waals surface area contributed by atoms with E-state index in [2.05, 4.69) is 182 Å². The van der Waals surface area contributed by atoms with Crippen molar-refractivity contribution in [2.45, 2.75) is 0 Å². The molecule has 0 aliphatic heterocycles. The van der Waals surface area contributed by atoms with Crippen molar-refractivity contribution >= 4 is 43.2 Å². The summed E-state index contributed by atoms with van der Waals surface area (Å²) in [6.45, 7) is 0. The molecule has 0 radical (unpaired) electrons. The van der Waals surface area contributed by atoms with Gasteiger partial charge in [0.2, 0.25) is 0 Å². The average molecular weight is 661 g/mol. The predicted molar refractivity (Wildman–Crippen MR) is 219 cm³/mol. The molecule has 2 nitrogen and oxygen atoms in total. The summed E-state index contributed by atoms with van der Waals surface area (Å²) in [4.78, 5) is 10.4. The molecule has 10 rings (SSSR count). The van der Waals surface area contributed by atoms with Crippen molar-refractivity contribution in [1.29, 1.82) is 0 Å². The summed E-state index contributed by atoms with van der Waals surface area (Å²) in [7, 11) is 0. The van der Waals surface area contributed by atoms with Crippen molar-refractivity contribution in [2.75, 3.05) is 0 Å². The highest BCUT2D eigenvalue weighted by Gasteiger charge is 2.17. The number of hydrogen-bond acceptors (Lipinski definition) is 2. The number of fused-ring (bicyclic) bond motifs is 6. The fraction of sp³-hybridized carbons (Fsp3) is 0. The van der Waals surface area contributed by atoms with Crippen LogP contribution in [0.1, 0.15) is 0 Å². The molecule has 2 heteroatoms. The van der Waals surface area contributed by atoms with Crippen LogP contribution in [0.2, 0.25) is 0 Å². The van der Waals surface area contributed by atoms with Gasteiger partial charge in [0.25, 0.3) is 0 Å². The minimum Gasteiger partial charge on any atom is -0.248 e. The van der Waals surface area contributed by atoms with Crippen LogP contribution in [0.3, 0.4) is 0 Å². The zero-order valence-electron chi connectivity index (χ0n) is 28.4. The number of rotatable bonds is 5. The van der Waals surface area contributed by atoms with Gasteiger partial charge in [-0.2, -0.15) is 0 Å². The van der Waals surface area contributed by atoms with Crippen molar-refractivity contribution in [1.82, 2.24) is 9.97 Å². The number of hydrogen-bond donors (Lipinski definition) is 0. The molecular formula is C50H32N2. The Morgan fingerprint density at radius 3 is 1.56 bits per heavy atom. The Morgan fingerprint density at radius 1 is 0.288 bits per heavy atom. The zero-order valence-corrected chi connectivity index (χ0v) is 28.4. The summed E-state index contributed by atoms with van der Waals surface area (Å²) in [5.74, 6) is 0. The van der Waals surface area contributed by atoms with E-state index in [9.17, 15) is 0 Å².